The maximum atomic E-state index is 3.63. The summed E-state index contributed by atoms with van der Waals surface area (Å²) >= 11 is 5.45. The van der Waals surface area contributed by atoms with Crippen LogP contribution in [0, 0.1) is 6.92 Å². The number of hydrogen-bond acceptors (Lipinski definition) is 2. The van der Waals surface area contributed by atoms with Gasteiger partial charge in [0, 0.05) is 21.9 Å². The van der Waals surface area contributed by atoms with Crippen LogP contribution in [-0.4, -0.2) is 0 Å². The molecular weight excluding hydrogens is 306 g/mol. The lowest BCUT2D eigenvalue weighted by Gasteiger charge is -2.16. The molecular formula is C15H18BrNS. The van der Waals surface area contributed by atoms with Crippen molar-refractivity contribution in [3.63, 3.8) is 0 Å². The SMILES string of the molecule is CCC(NCc1ccc(C)cc1Br)c1cccs1. The van der Waals surface area contributed by atoms with Gasteiger partial charge in [0.15, 0.2) is 0 Å². The maximum absolute atomic E-state index is 3.63. The maximum Gasteiger partial charge on any atom is 0.0414 e. The highest BCUT2D eigenvalue weighted by Crippen LogP contribution is 2.24. The molecule has 0 radical (unpaired) electrons. The van der Waals surface area contributed by atoms with Gasteiger partial charge in [-0.25, -0.2) is 0 Å². The van der Waals surface area contributed by atoms with Gasteiger partial charge in [-0.15, -0.1) is 11.3 Å². The van der Waals surface area contributed by atoms with Gasteiger partial charge in [-0.1, -0.05) is 41.1 Å². The van der Waals surface area contributed by atoms with Crippen LogP contribution in [0.15, 0.2) is 40.2 Å². The topological polar surface area (TPSA) is 12.0 Å². The van der Waals surface area contributed by atoms with E-state index in [9.17, 15) is 0 Å². The molecule has 0 saturated carbocycles. The van der Waals surface area contributed by atoms with E-state index in [1.807, 2.05) is 11.3 Å². The molecule has 2 aromatic rings. The van der Waals surface area contributed by atoms with Gasteiger partial charge in [0.05, 0.1) is 0 Å². The van der Waals surface area contributed by atoms with Crippen LogP contribution < -0.4 is 5.32 Å². The minimum Gasteiger partial charge on any atom is -0.305 e. The minimum atomic E-state index is 0.457. The molecule has 1 N–H and O–H groups in total. The summed E-state index contributed by atoms with van der Waals surface area (Å²) in [5, 5.41) is 5.77. The van der Waals surface area contributed by atoms with E-state index in [-0.39, 0.29) is 0 Å². The molecule has 0 aliphatic rings. The van der Waals surface area contributed by atoms with Gasteiger partial charge >= 0.3 is 0 Å². The van der Waals surface area contributed by atoms with Crippen molar-refractivity contribution in [1.82, 2.24) is 5.32 Å². The number of halogens is 1. The fourth-order valence-electron chi connectivity index (χ4n) is 1.96. The van der Waals surface area contributed by atoms with Gasteiger partial charge < -0.3 is 5.32 Å². The Morgan fingerprint density at radius 3 is 2.78 bits per heavy atom. The second-order valence-corrected chi connectivity index (χ2v) is 6.29. The Morgan fingerprint density at radius 1 is 1.33 bits per heavy atom. The number of rotatable bonds is 5. The van der Waals surface area contributed by atoms with Crippen molar-refractivity contribution in [2.75, 3.05) is 0 Å². The lowest BCUT2D eigenvalue weighted by molar-refractivity contribution is 0.526. The van der Waals surface area contributed by atoms with Crippen molar-refractivity contribution in [3.8, 4) is 0 Å². The molecule has 0 saturated heterocycles. The van der Waals surface area contributed by atoms with Gasteiger partial charge in [0.1, 0.15) is 0 Å². The fraction of sp³-hybridized carbons (Fsp3) is 0.333. The Labute approximate surface area is 121 Å². The molecule has 1 heterocycles. The van der Waals surface area contributed by atoms with E-state index < -0.39 is 0 Å². The third-order valence-corrected chi connectivity index (χ3v) is 4.77. The molecule has 1 aromatic heterocycles. The number of nitrogens with one attached hydrogen (secondary N) is 1. The van der Waals surface area contributed by atoms with E-state index >= 15 is 0 Å². The van der Waals surface area contributed by atoms with E-state index in [0.717, 1.165) is 13.0 Å². The smallest absolute Gasteiger partial charge is 0.0414 e. The zero-order valence-electron chi connectivity index (χ0n) is 10.7. The highest BCUT2D eigenvalue weighted by Gasteiger charge is 2.10. The average molecular weight is 324 g/mol. The first-order valence-corrected chi connectivity index (χ1v) is 7.89. The van der Waals surface area contributed by atoms with Gasteiger partial charge in [-0.2, -0.15) is 0 Å². The predicted octanol–water partition coefficient (Wildman–Crippen LogP) is 5.06. The van der Waals surface area contributed by atoms with E-state index in [4.69, 9.17) is 0 Å². The van der Waals surface area contributed by atoms with Crippen LogP contribution in [0.4, 0.5) is 0 Å². The van der Waals surface area contributed by atoms with Crippen molar-refractivity contribution < 1.29 is 0 Å². The molecule has 1 atom stereocenters. The third-order valence-electron chi connectivity index (χ3n) is 3.04. The molecule has 1 aromatic carbocycles. The third kappa shape index (κ3) is 3.44. The summed E-state index contributed by atoms with van der Waals surface area (Å²) in [4.78, 5) is 1.42. The van der Waals surface area contributed by atoms with E-state index in [1.165, 1.54) is 20.5 Å². The Morgan fingerprint density at radius 2 is 2.17 bits per heavy atom. The second kappa shape index (κ2) is 6.50. The summed E-state index contributed by atoms with van der Waals surface area (Å²) in [5.41, 5.74) is 2.60. The Hall–Kier alpha value is -0.640. The molecule has 1 nitrogen and oxygen atoms in total. The highest BCUT2D eigenvalue weighted by molar-refractivity contribution is 9.10. The Bertz CT molecular complexity index is 493. The van der Waals surface area contributed by atoms with Gasteiger partial charge in [-0.3, -0.25) is 0 Å². The number of thiophene rings is 1. The van der Waals surface area contributed by atoms with Crippen LogP contribution in [0.2, 0.25) is 0 Å². The number of aryl methyl sites for hydroxylation is 1. The second-order valence-electron chi connectivity index (χ2n) is 4.45. The largest absolute Gasteiger partial charge is 0.305 e. The van der Waals surface area contributed by atoms with Crippen LogP contribution in [0.1, 0.15) is 35.4 Å². The van der Waals surface area contributed by atoms with Crippen molar-refractivity contribution in [3.05, 3.63) is 56.2 Å². The summed E-state index contributed by atoms with van der Waals surface area (Å²) in [6.07, 6.45) is 1.12. The summed E-state index contributed by atoms with van der Waals surface area (Å²) in [6.45, 7) is 5.24. The van der Waals surface area contributed by atoms with Gasteiger partial charge in [0.2, 0.25) is 0 Å². The summed E-state index contributed by atoms with van der Waals surface area (Å²) < 4.78 is 1.19. The molecule has 0 spiro atoms. The molecule has 0 aliphatic carbocycles. The van der Waals surface area contributed by atoms with Crippen LogP contribution in [0.3, 0.4) is 0 Å². The van der Waals surface area contributed by atoms with E-state index in [2.05, 4.69) is 70.8 Å². The van der Waals surface area contributed by atoms with Crippen molar-refractivity contribution in [2.45, 2.75) is 32.9 Å². The molecule has 2 rings (SSSR count). The summed E-state index contributed by atoms with van der Waals surface area (Å²) in [6, 6.07) is 11.3. The molecule has 96 valence electrons. The zero-order chi connectivity index (χ0) is 13.0. The molecule has 3 heteroatoms. The molecule has 1 unspecified atom stereocenters. The quantitative estimate of drug-likeness (QED) is 0.810. The zero-order valence-corrected chi connectivity index (χ0v) is 13.1. The first-order valence-electron chi connectivity index (χ1n) is 6.22. The predicted molar refractivity (Wildman–Crippen MR) is 83.1 cm³/mol. The lowest BCUT2D eigenvalue weighted by atomic mass is 10.1. The van der Waals surface area contributed by atoms with Crippen molar-refractivity contribution in [2.24, 2.45) is 0 Å². The Kier molecular flexibility index (Phi) is 4.98. The normalized spacial score (nSPS) is 12.6. The monoisotopic (exact) mass is 323 g/mol. The molecule has 0 amide bonds. The number of hydrogen-bond donors (Lipinski definition) is 1. The first kappa shape index (κ1) is 13.8. The minimum absolute atomic E-state index is 0.457. The molecule has 0 bridgehead atoms. The average Bonchev–Trinajstić information content (AvgIpc) is 2.86. The van der Waals surface area contributed by atoms with Gasteiger partial charge in [-0.05, 0) is 42.0 Å². The summed E-state index contributed by atoms with van der Waals surface area (Å²) in [5.74, 6) is 0. The van der Waals surface area contributed by atoms with E-state index in [1.54, 1.807) is 0 Å². The molecule has 18 heavy (non-hydrogen) atoms. The van der Waals surface area contributed by atoms with Crippen LogP contribution in [0.5, 0.6) is 0 Å². The molecule has 0 aliphatic heterocycles. The van der Waals surface area contributed by atoms with Crippen molar-refractivity contribution >= 4 is 27.3 Å². The van der Waals surface area contributed by atoms with E-state index in [0.29, 0.717) is 6.04 Å². The number of benzene rings is 1. The van der Waals surface area contributed by atoms with Crippen molar-refractivity contribution in [1.29, 1.82) is 0 Å². The molecule has 0 fully saturated rings. The van der Waals surface area contributed by atoms with Crippen LogP contribution in [-0.2, 0) is 6.54 Å². The fourth-order valence-corrected chi connectivity index (χ4v) is 3.48. The Balaban J connectivity index is 2.02. The highest BCUT2D eigenvalue weighted by atomic mass is 79.9. The summed E-state index contributed by atoms with van der Waals surface area (Å²) in [7, 11) is 0. The van der Waals surface area contributed by atoms with Crippen LogP contribution in [0.25, 0.3) is 0 Å². The first-order chi connectivity index (χ1) is 8.70. The standard InChI is InChI=1S/C15H18BrNS/c1-3-14(15-5-4-8-18-15)17-10-12-7-6-11(2)9-13(12)16/h4-9,14,17H,3,10H2,1-2H3. The lowest BCUT2D eigenvalue weighted by Crippen LogP contribution is -2.19. The van der Waals surface area contributed by atoms with Gasteiger partial charge in [0.25, 0.3) is 0 Å². The van der Waals surface area contributed by atoms with Crippen LogP contribution >= 0.6 is 27.3 Å².